The van der Waals surface area contributed by atoms with Crippen molar-refractivity contribution in [1.82, 2.24) is 4.72 Å². The number of carbonyl (C=O) groups is 1. The van der Waals surface area contributed by atoms with E-state index in [1.165, 1.54) is 6.07 Å². The first-order valence-corrected chi connectivity index (χ1v) is 8.12. The molecule has 110 valence electrons. The maximum atomic E-state index is 13.9. The molecule has 20 heavy (non-hydrogen) atoms. The number of ether oxygens (including phenoxy) is 1. The van der Waals surface area contributed by atoms with E-state index in [9.17, 15) is 17.6 Å². The summed E-state index contributed by atoms with van der Waals surface area (Å²) in [6, 6.07) is 2.98. The first-order valence-electron chi connectivity index (χ1n) is 6.23. The molecule has 0 saturated carbocycles. The van der Waals surface area contributed by atoms with Crippen molar-refractivity contribution >= 4 is 16.3 Å². The maximum Gasteiger partial charge on any atom is 0.208 e. The number of nitrogens with one attached hydrogen (secondary N) is 1. The van der Waals surface area contributed by atoms with Crippen LogP contribution in [-0.2, 0) is 27.7 Å². The molecule has 0 aliphatic heterocycles. The van der Waals surface area contributed by atoms with Gasteiger partial charge in [-0.1, -0.05) is 0 Å². The molecule has 1 N–H and O–H groups in total. The summed E-state index contributed by atoms with van der Waals surface area (Å²) in [6.07, 6.45) is 2.85. The first-order chi connectivity index (χ1) is 9.39. The molecule has 0 saturated heterocycles. The van der Waals surface area contributed by atoms with E-state index in [4.69, 9.17) is 4.74 Å². The summed E-state index contributed by atoms with van der Waals surface area (Å²) in [6.45, 7) is 0.233. The Hall–Kier alpha value is -1.47. The molecule has 1 aliphatic rings. The lowest BCUT2D eigenvalue weighted by atomic mass is 10.1. The Morgan fingerprint density at radius 1 is 1.45 bits per heavy atom. The molecule has 0 heterocycles. The van der Waals surface area contributed by atoms with Crippen molar-refractivity contribution in [3.05, 3.63) is 29.1 Å². The fraction of sp³-hybridized carbons (Fsp3) is 0.462. The molecule has 0 fully saturated rings. The number of rotatable bonds is 6. The third-order valence-electron chi connectivity index (χ3n) is 3.14. The van der Waals surface area contributed by atoms with Gasteiger partial charge < -0.3 is 9.53 Å². The van der Waals surface area contributed by atoms with Crippen LogP contribution in [-0.4, -0.2) is 34.1 Å². The van der Waals surface area contributed by atoms with E-state index in [-0.39, 0.29) is 24.9 Å². The smallest absolute Gasteiger partial charge is 0.208 e. The molecule has 0 bridgehead atoms. The molecular weight excluding hydrogens is 285 g/mol. The summed E-state index contributed by atoms with van der Waals surface area (Å²) in [7, 11) is -3.25. The Bertz CT molecular complexity index is 615. The van der Waals surface area contributed by atoms with E-state index in [0.29, 0.717) is 24.2 Å². The number of carbonyl (C=O) groups excluding carboxylic acids is 1. The molecule has 1 atom stereocenters. The highest BCUT2D eigenvalue weighted by atomic mass is 32.2. The standard InChI is InChI=1S/C13H16FNO4S/c1-20(17,18)15-2-3-19-11-6-10-4-9(8-16)5-12(10)13(14)7-11/h6-9,15H,2-5H2,1H3. The van der Waals surface area contributed by atoms with Crippen LogP contribution in [0.25, 0.3) is 0 Å². The Morgan fingerprint density at radius 3 is 2.85 bits per heavy atom. The number of aldehydes is 1. The number of halogens is 1. The molecule has 1 aromatic carbocycles. The van der Waals surface area contributed by atoms with Crippen LogP contribution in [0.1, 0.15) is 11.1 Å². The fourth-order valence-electron chi connectivity index (χ4n) is 2.27. The normalized spacial score (nSPS) is 17.8. The second kappa shape index (κ2) is 5.88. The molecule has 0 radical (unpaired) electrons. The number of fused-ring (bicyclic) bond motifs is 1. The second-order valence-electron chi connectivity index (χ2n) is 4.86. The molecule has 0 amide bonds. The number of benzene rings is 1. The molecule has 5 nitrogen and oxygen atoms in total. The molecule has 1 unspecified atom stereocenters. The summed E-state index contributed by atoms with van der Waals surface area (Å²) < 4.78 is 43.2. The van der Waals surface area contributed by atoms with Crippen LogP contribution in [0.3, 0.4) is 0 Å². The van der Waals surface area contributed by atoms with Crippen LogP contribution in [0.4, 0.5) is 4.39 Å². The highest BCUT2D eigenvalue weighted by molar-refractivity contribution is 7.88. The van der Waals surface area contributed by atoms with Crippen molar-refractivity contribution in [3.8, 4) is 5.75 Å². The van der Waals surface area contributed by atoms with Crippen molar-refractivity contribution in [1.29, 1.82) is 0 Å². The first kappa shape index (κ1) is 14.9. The summed E-state index contributed by atoms with van der Waals surface area (Å²) >= 11 is 0. The SMILES string of the molecule is CS(=O)(=O)NCCOc1cc(F)c2c(c1)CC(C=O)C2. The monoisotopic (exact) mass is 301 g/mol. The van der Waals surface area contributed by atoms with Gasteiger partial charge in [0.15, 0.2) is 0 Å². The van der Waals surface area contributed by atoms with Gasteiger partial charge in [-0.3, -0.25) is 0 Å². The second-order valence-corrected chi connectivity index (χ2v) is 6.70. The lowest BCUT2D eigenvalue weighted by Crippen LogP contribution is -2.26. The summed E-state index contributed by atoms with van der Waals surface area (Å²) in [5.41, 5.74) is 1.36. The molecular formula is C13H16FNO4S. The highest BCUT2D eigenvalue weighted by Crippen LogP contribution is 2.31. The zero-order valence-electron chi connectivity index (χ0n) is 11.1. The predicted molar refractivity (Wildman–Crippen MR) is 71.7 cm³/mol. The quantitative estimate of drug-likeness (QED) is 0.619. The predicted octanol–water partition coefficient (Wildman–Crippen LogP) is 0.667. The molecule has 1 aromatic rings. The average molecular weight is 301 g/mol. The van der Waals surface area contributed by atoms with E-state index < -0.39 is 10.0 Å². The molecule has 0 aromatic heterocycles. The third kappa shape index (κ3) is 3.77. The van der Waals surface area contributed by atoms with Gasteiger partial charge in [-0.15, -0.1) is 0 Å². The molecule has 1 aliphatic carbocycles. The molecule has 0 spiro atoms. The Balaban J connectivity index is 1.98. The zero-order chi connectivity index (χ0) is 14.8. The van der Waals surface area contributed by atoms with Crippen LogP contribution < -0.4 is 9.46 Å². The van der Waals surface area contributed by atoms with Gasteiger partial charge in [-0.05, 0) is 30.0 Å². The van der Waals surface area contributed by atoms with Crippen LogP contribution in [0.5, 0.6) is 5.75 Å². The van der Waals surface area contributed by atoms with E-state index >= 15 is 0 Å². The van der Waals surface area contributed by atoms with Gasteiger partial charge in [0.1, 0.15) is 24.5 Å². The maximum absolute atomic E-state index is 13.9. The number of hydrogen-bond donors (Lipinski definition) is 1. The summed E-state index contributed by atoms with van der Waals surface area (Å²) in [4.78, 5) is 10.8. The van der Waals surface area contributed by atoms with Crippen LogP contribution in [0.15, 0.2) is 12.1 Å². The van der Waals surface area contributed by atoms with Crippen molar-refractivity contribution in [2.45, 2.75) is 12.8 Å². The van der Waals surface area contributed by atoms with Gasteiger partial charge in [-0.2, -0.15) is 0 Å². The van der Waals surface area contributed by atoms with Crippen molar-refractivity contribution in [3.63, 3.8) is 0 Å². The van der Waals surface area contributed by atoms with E-state index in [2.05, 4.69) is 4.72 Å². The molecule has 7 heteroatoms. The topological polar surface area (TPSA) is 72.5 Å². The van der Waals surface area contributed by atoms with Crippen molar-refractivity contribution < 1.29 is 22.3 Å². The fourth-order valence-corrected chi connectivity index (χ4v) is 2.72. The van der Waals surface area contributed by atoms with Gasteiger partial charge in [0.25, 0.3) is 0 Å². The van der Waals surface area contributed by atoms with Crippen LogP contribution in [0, 0.1) is 11.7 Å². The third-order valence-corrected chi connectivity index (χ3v) is 3.87. The van der Waals surface area contributed by atoms with Gasteiger partial charge in [0.2, 0.25) is 10.0 Å². The van der Waals surface area contributed by atoms with Crippen LogP contribution >= 0.6 is 0 Å². The van der Waals surface area contributed by atoms with Crippen LogP contribution in [0.2, 0.25) is 0 Å². The van der Waals surface area contributed by atoms with E-state index in [1.54, 1.807) is 6.07 Å². The minimum absolute atomic E-state index is 0.113. The zero-order valence-corrected chi connectivity index (χ0v) is 11.9. The van der Waals surface area contributed by atoms with Gasteiger partial charge in [0, 0.05) is 18.5 Å². The number of hydrogen-bond acceptors (Lipinski definition) is 4. The summed E-state index contributed by atoms with van der Waals surface area (Å²) in [5, 5.41) is 0. The average Bonchev–Trinajstić information content (AvgIpc) is 2.77. The van der Waals surface area contributed by atoms with E-state index in [1.807, 2.05) is 0 Å². The number of sulfonamides is 1. The minimum Gasteiger partial charge on any atom is -0.492 e. The van der Waals surface area contributed by atoms with E-state index in [0.717, 1.165) is 18.1 Å². The van der Waals surface area contributed by atoms with Crippen molar-refractivity contribution in [2.24, 2.45) is 5.92 Å². The Kier molecular flexibility index (Phi) is 4.39. The lowest BCUT2D eigenvalue weighted by Gasteiger charge is -2.09. The van der Waals surface area contributed by atoms with Crippen molar-refractivity contribution in [2.75, 3.05) is 19.4 Å². The lowest BCUT2D eigenvalue weighted by molar-refractivity contribution is -0.110. The van der Waals surface area contributed by atoms with Gasteiger partial charge in [-0.25, -0.2) is 17.5 Å². The summed E-state index contributed by atoms with van der Waals surface area (Å²) in [5.74, 6) is -0.192. The Morgan fingerprint density at radius 2 is 2.20 bits per heavy atom. The van der Waals surface area contributed by atoms with Gasteiger partial charge in [0.05, 0.1) is 6.26 Å². The molecule has 2 rings (SSSR count). The largest absolute Gasteiger partial charge is 0.492 e. The van der Waals surface area contributed by atoms with Gasteiger partial charge >= 0.3 is 0 Å². The minimum atomic E-state index is -3.25. The Labute approximate surface area is 117 Å². The highest BCUT2D eigenvalue weighted by Gasteiger charge is 2.24.